The van der Waals surface area contributed by atoms with Gasteiger partial charge in [0.25, 0.3) is 0 Å². The van der Waals surface area contributed by atoms with Crippen molar-refractivity contribution in [3.05, 3.63) is 36.2 Å². The van der Waals surface area contributed by atoms with Crippen molar-refractivity contribution in [3.8, 4) is 11.4 Å². The molecule has 0 unspecified atom stereocenters. The molecule has 1 amide bonds. The van der Waals surface area contributed by atoms with Gasteiger partial charge in [0.2, 0.25) is 5.91 Å². The number of hydrogen-bond donors (Lipinski definition) is 1. The van der Waals surface area contributed by atoms with Gasteiger partial charge in [-0.15, -0.1) is 5.10 Å². The van der Waals surface area contributed by atoms with Crippen LogP contribution in [0.15, 0.2) is 30.6 Å². The second-order valence-electron chi connectivity index (χ2n) is 3.55. The predicted molar refractivity (Wildman–Crippen MR) is 60.2 cm³/mol. The van der Waals surface area contributed by atoms with Gasteiger partial charge in [-0.25, -0.2) is 10.4 Å². The minimum atomic E-state index is -0.180. The van der Waals surface area contributed by atoms with Crippen LogP contribution in [-0.2, 0) is 4.79 Å². The quantitative estimate of drug-likeness (QED) is 0.824. The highest BCUT2D eigenvalue weighted by Crippen LogP contribution is 2.14. The van der Waals surface area contributed by atoms with Crippen LogP contribution in [0, 0.1) is 6.92 Å². The van der Waals surface area contributed by atoms with E-state index in [9.17, 15) is 4.79 Å². The number of carbonyl (C=O) groups is 1. The van der Waals surface area contributed by atoms with Crippen LogP contribution in [0.3, 0.4) is 0 Å². The first-order valence-electron chi connectivity index (χ1n) is 4.91. The molecule has 5 nitrogen and oxygen atoms in total. The van der Waals surface area contributed by atoms with E-state index < -0.39 is 0 Å². The second kappa shape index (κ2) is 4.14. The highest BCUT2D eigenvalue weighted by atomic mass is 16.2. The summed E-state index contributed by atoms with van der Waals surface area (Å²) in [5.74, 6) is 0.411. The third-order valence-electron chi connectivity index (χ3n) is 2.07. The van der Waals surface area contributed by atoms with Crippen molar-refractivity contribution in [2.24, 2.45) is 0 Å². The molecule has 0 aliphatic heterocycles. The Labute approximate surface area is 93.1 Å². The summed E-state index contributed by atoms with van der Waals surface area (Å²) >= 11 is 0. The van der Waals surface area contributed by atoms with Crippen LogP contribution in [0.2, 0.25) is 0 Å². The Balaban J connectivity index is 2.24. The van der Waals surface area contributed by atoms with Gasteiger partial charge in [0.1, 0.15) is 6.33 Å². The van der Waals surface area contributed by atoms with E-state index in [1.54, 1.807) is 0 Å². The molecule has 0 aliphatic rings. The molecule has 1 aromatic carbocycles. The van der Waals surface area contributed by atoms with Gasteiger partial charge in [0.05, 0.1) is 0 Å². The molecule has 2 rings (SSSR count). The Morgan fingerprint density at radius 2 is 2.00 bits per heavy atom. The zero-order valence-corrected chi connectivity index (χ0v) is 9.14. The fraction of sp³-hybridized carbons (Fsp3) is 0.182. The Bertz CT molecular complexity index is 501. The largest absolute Gasteiger partial charge is 0.274 e. The molecule has 0 aliphatic carbocycles. The number of hydrogen-bond acceptors (Lipinski definition) is 3. The first-order valence-corrected chi connectivity index (χ1v) is 4.91. The number of nitrogens with one attached hydrogen (secondary N) is 1. The van der Waals surface area contributed by atoms with Gasteiger partial charge in [0, 0.05) is 12.5 Å². The van der Waals surface area contributed by atoms with E-state index in [2.05, 4.69) is 15.5 Å². The normalized spacial score (nSPS) is 10.1. The van der Waals surface area contributed by atoms with Crippen LogP contribution in [0.4, 0.5) is 0 Å². The molecule has 1 aromatic heterocycles. The topological polar surface area (TPSA) is 59.8 Å². The SMILES string of the molecule is CC(=O)Nn1cnc(-c2ccc(C)cc2)n1. The summed E-state index contributed by atoms with van der Waals surface area (Å²) in [5, 5.41) is 4.12. The fourth-order valence-corrected chi connectivity index (χ4v) is 1.31. The van der Waals surface area contributed by atoms with E-state index in [1.807, 2.05) is 31.2 Å². The monoisotopic (exact) mass is 216 g/mol. The molecule has 1 heterocycles. The summed E-state index contributed by atoms with van der Waals surface area (Å²) in [6.45, 7) is 3.44. The zero-order valence-electron chi connectivity index (χ0n) is 9.14. The number of aryl methyl sites for hydroxylation is 1. The predicted octanol–water partition coefficient (Wildman–Crippen LogP) is 1.34. The molecular formula is C11H12N4O. The van der Waals surface area contributed by atoms with Gasteiger partial charge in [-0.05, 0) is 6.92 Å². The molecule has 1 N–H and O–H groups in total. The van der Waals surface area contributed by atoms with Crippen LogP contribution < -0.4 is 5.43 Å². The third-order valence-corrected chi connectivity index (χ3v) is 2.07. The van der Waals surface area contributed by atoms with Crippen LogP contribution in [0.1, 0.15) is 12.5 Å². The molecule has 2 aromatic rings. The number of nitrogens with zero attached hydrogens (tertiary/aromatic N) is 3. The maximum absolute atomic E-state index is 10.8. The van der Waals surface area contributed by atoms with E-state index in [0.29, 0.717) is 5.82 Å². The summed E-state index contributed by atoms with van der Waals surface area (Å²) in [5.41, 5.74) is 4.62. The van der Waals surface area contributed by atoms with Gasteiger partial charge >= 0.3 is 0 Å². The standard InChI is InChI=1S/C11H12N4O/c1-8-3-5-10(6-4-8)11-12-7-15(14-11)13-9(2)16/h3-7H,1-2H3,(H,13,16). The molecule has 0 atom stereocenters. The maximum atomic E-state index is 10.8. The highest BCUT2D eigenvalue weighted by molar-refractivity contribution is 5.80. The van der Waals surface area contributed by atoms with Gasteiger partial charge in [-0.3, -0.25) is 4.79 Å². The lowest BCUT2D eigenvalue weighted by Gasteiger charge is -1.98. The first-order chi connectivity index (χ1) is 7.65. The zero-order chi connectivity index (χ0) is 11.5. The van der Waals surface area contributed by atoms with E-state index in [-0.39, 0.29) is 5.91 Å². The van der Waals surface area contributed by atoms with Gasteiger partial charge in [0.15, 0.2) is 5.82 Å². The van der Waals surface area contributed by atoms with Gasteiger partial charge < -0.3 is 0 Å². The Morgan fingerprint density at radius 1 is 1.31 bits per heavy atom. The van der Waals surface area contributed by atoms with Crippen molar-refractivity contribution in [2.45, 2.75) is 13.8 Å². The third kappa shape index (κ3) is 2.25. The molecule has 0 saturated carbocycles. The molecule has 0 spiro atoms. The lowest BCUT2D eigenvalue weighted by atomic mass is 10.1. The van der Waals surface area contributed by atoms with E-state index in [4.69, 9.17) is 0 Å². The smallest absolute Gasteiger partial charge is 0.236 e. The molecule has 0 fully saturated rings. The molecule has 5 heteroatoms. The lowest BCUT2D eigenvalue weighted by Crippen LogP contribution is -2.20. The van der Waals surface area contributed by atoms with Crippen LogP contribution in [0.5, 0.6) is 0 Å². The van der Waals surface area contributed by atoms with E-state index in [0.717, 1.165) is 5.56 Å². The Hall–Kier alpha value is -2.17. The number of aromatic nitrogens is 3. The Morgan fingerprint density at radius 3 is 2.62 bits per heavy atom. The molecule has 16 heavy (non-hydrogen) atoms. The molecule has 82 valence electrons. The van der Waals surface area contributed by atoms with Crippen LogP contribution >= 0.6 is 0 Å². The summed E-state index contributed by atoms with van der Waals surface area (Å²) < 4.78 is 0. The second-order valence-corrected chi connectivity index (χ2v) is 3.55. The van der Waals surface area contributed by atoms with Crippen molar-refractivity contribution in [1.29, 1.82) is 0 Å². The van der Waals surface area contributed by atoms with Crippen molar-refractivity contribution >= 4 is 5.91 Å². The summed E-state index contributed by atoms with van der Waals surface area (Å²) in [6.07, 6.45) is 1.47. The lowest BCUT2D eigenvalue weighted by molar-refractivity contribution is -0.115. The first kappa shape index (κ1) is 10.4. The highest BCUT2D eigenvalue weighted by Gasteiger charge is 2.03. The van der Waals surface area contributed by atoms with Crippen molar-refractivity contribution in [2.75, 3.05) is 5.43 Å². The number of rotatable bonds is 2. The van der Waals surface area contributed by atoms with E-state index >= 15 is 0 Å². The summed E-state index contributed by atoms with van der Waals surface area (Å²) in [7, 11) is 0. The number of benzene rings is 1. The van der Waals surface area contributed by atoms with Crippen LogP contribution in [-0.4, -0.2) is 20.8 Å². The molecule has 0 bridgehead atoms. The average molecular weight is 216 g/mol. The minimum Gasteiger partial charge on any atom is -0.274 e. The maximum Gasteiger partial charge on any atom is 0.236 e. The summed E-state index contributed by atoms with van der Waals surface area (Å²) in [6, 6.07) is 7.88. The van der Waals surface area contributed by atoms with Gasteiger partial charge in [-0.2, -0.15) is 4.79 Å². The van der Waals surface area contributed by atoms with E-state index in [1.165, 1.54) is 23.6 Å². The molecular weight excluding hydrogens is 204 g/mol. The number of carbonyl (C=O) groups excluding carboxylic acids is 1. The van der Waals surface area contributed by atoms with Crippen molar-refractivity contribution in [1.82, 2.24) is 14.9 Å². The van der Waals surface area contributed by atoms with Crippen LogP contribution in [0.25, 0.3) is 11.4 Å². The molecule has 0 radical (unpaired) electrons. The fourth-order valence-electron chi connectivity index (χ4n) is 1.31. The van der Waals surface area contributed by atoms with Crippen molar-refractivity contribution < 1.29 is 4.79 Å². The van der Waals surface area contributed by atoms with Crippen molar-refractivity contribution in [3.63, 3.8) is 0 Å². The minimum absolute atomic E-state index is 0.180. The average Bonchev–Trinajstić information content (AvgIpc) is 2.66. The van der Waals surface area contributed by atoms with Gasteiger partial charge in [-0.1, -0.05) is 29.8 Å². The summed E-state index contributed by atoms with van der Waals surface area (Å²) in [4.78, 5) is 16.2. The number of amides is 1. The Kier molecular flexibility index (Phi) is 2.68. The molecule has 0 saturated heterocycles.